The van der Waals surface area contributed by atoms with Gasteiger partial charge in [0.15, 0.2) is 0 Å². The molecule has 0 saturated heterocycles. The molecule has 1 rings (SSSR count). The first-order valence-corrected chi connectivity index (χ1v) is 6.14. The first kappa shape index (κ1) is 15.7. The minimum absolute atomic E-state index is 0. The SMILES string of the molecule is CCC(C)C(=O)NCC1(N)CCCCC1.Cl. The highest BCUT2D eigenvalue weighted by Gasteiger charge is 2.28. The fourth-order valence-corrected chi connectivity index (χ4v) is 2.06. The maximum absolute atomic E-state index is 11.6. The van der Waals surface area contributed by atoms with Crippen LogP contribution in [0.3, 0.4) is 0 Å². The third kappa shape index (κ3) is 4.71. The van der Waals surface area contributed by atoms with Crippen molar-refractivity contribution in [3.05, 3.63) is 0 Å². The van der Waals surface area contributed by atoms with Crippen molar-refractivity contribution >= 4 is 18.3 Å². The van der Waals surface area contributed by atoms with Gasteiger partial charge in [0.2, 0.25) is 5.91 Å². The lowest BCUT2D eigenvalue weighted by Crippen LogP contribution is -2.52. The van der Waals surface area contributed by atoms with Gasteiger partial charge in [-0.1, -0.05) is 33.1 Å². The van der Waals surface area contributed by atoms with E-state index in [0.29, 0.717) is 6.54 Å². The fraction of sp³-hybridized carbons (Fsp3) is 0.917. The molecule has 1 unspecified atom stereocenters. The van der Waals surface area contributed by atoms with E-state index in [0.717, 1.165) is 19.3 Å². The minimum Gasteiger partial charge on any atom is -0.354 e. The number of nitrogens with one attached hydrogen (secondary N) is 1. The van der Waals surface area contributed by atoms with Gasteiger partial charge in [-0.15, -0.1) is 12.4 Å². The van der Waals surface area contributed by atoms with E-state index in [2.05, 4.69) is 5.32 Å². The predicted octanol–water partition coefficient (Wildman–Crippen LogP) is 2.23. The highest BCUT2D eigenvalue weighted by atomic mass is 35.5. The molecule has 96 valence electrons. The summed E-state index contributed by atoms with van der Waals surface area (Å²) in [7, 11) is 0. The number of hydrogen-bond donors (Lipinski definition) is 2. The molecule has 3 N–H and O–H groups in total. The molecule has 1 amide bonds. The Morgan fingerprint density at radius 1 is 1.38 bits per heavy atom. The number of halogens is 1. The Morgan fingerprint density at radius 2 is 1.94 bits per heavy atom. The molecule has 1 saturated carbocycles. The molecular formula is C12H25ClN2O. The normalized spacial score (nSPS) is 20.7. The summed E-state index contributed by atoms with van der Waals surface area (Å²) in [5.74, 6) is 0.255. The second kappa shape index (κ2) is 7.13. The third-order valence-corrected chi connectivity index (χ3v) is 3.52. The molecule has 3 nitrogen and oxygen atoms in total. The molecule has 0 radical (unpaired) electrons. The van der Waals surface area contributed by atoms with Gasteiger partial charge in [0.25, 0.3) is 0 Å². The van der Waals surface area contributed by atoms with Crippen LogP contribution in [0.15, 0.2) is 0 Å². The van der Waals surface area contributed by atoms with Crippen molar-refractivity contribution in [3.8, 4) is 0 Å². The minimum atomic E-state index is -0.138. The summed E-state index contributed by atoms with van der Waals surface area (Å²) in [4.78, 5) is 11.6. The van der Waals surface area contributed by atoms with Crippen molar-refractivity contribution in [1.82, 2.24) is 5.32 Å². The largest absolute Gasteiger partial charge is 0.354 e. The number of carbonyl (C=O) groups excluding carboxylic acids is 1. The lowest BCUT2D eigenvalue weighted by atomic mass is 9.82. The van der Waals surface area contributed by atoms with E-state index in [1.165, 1.54) is 19.3 Å². The van der Waals surface area contributed by atoms with E-state index in [4.69, 9.17) is 5.73 Å². The molecule has 0 aromatic carbocycles. The van der Waals surface area contributed by atoms with Crippen molar-refractivity contribution in [1.29, 1.82) is 0 Å². The second-order valence-corrected chi connectivity index (χ2v) is 4.95. The molecule has 4 heteroatoms. The van der Waals surface area contributed by atoms with Gasteiger partial charge in [0.05, 0.1) is 0 Å². The van der Waals surface area contributed by atoms with Gasteiger partial charge in [-0.05, 0) is 19.3 Å². The maximum atomic E-state index is 11.6. The van der Waals surface area contributed by atoms with E-state index >= 15 is 0 Å². The second-order valence-electron chi connectivity index (χ2n) is 4.95. The number of hydrogen-bond acceptors (Lipinski definition) is 2. The molecule has 0 aliphatic heterocycles. The summed E-state index contributed by atoms with van der Waals surface area (Å²) >= 11 is 0. The van der Waals surface area contributed by atoms with Crippen LogP contribution in [-0.2, 0) is 4.79 Å². The molecule has 0 aromatic rings. The van der Waals surface area contributed by atoms with E-state index in [1.807, 2.05) is 13.8 Å². The summed E-state index contributed by atoms with van der Waals surface area (Å²) in [5.41, 5.74) is 6.10. The van der Waals surface area contributed by atoms with Gasteiger partial charge >= 0.3 is 0 Å². The Hall–Kier alpha value is -0.280. The van der Waals surface area contributed by atoms with Crippen LogP contribution in [0.4, 0.5) is 0 Å². The van der Waals surface area contributed by atoms with E-state index < -0.39 is 0 Å². The van der Waals surface area contributed by atoms with Crippen molar-refractivity contribution in [2.75, 3.05) is 6.54 Å². The molecule has 16 heavy (non-hydrogen) atoms. The average molecular weight is 249 g/mol. The number of amides is 1. The third-order valence-electron chi connectivity index (χ3n) is 3.52. The Labute approximate surface area is 105 Å². The van der Waals surface area contributed by atoms with E-state index in [9.17, 15) is 4.79 Å². The van der Waals surface area contributed by atoms with Gasteiger partial charge < -0.3 is 11.1 Å². The van der Waals surface area contributed by atoms with Crippen LogP contribution in [0.25, 0.3) is 0 Å². The zero-order valence-corrected chi connectivity index (χ0v) is 11.2. The Bertz CT molecular complexity index is 215. The van der Waals surface area contributed by atoms with Crippen LogP contribution in [-0.4, -0.2) is 18.0 Å². The van der Waals surface area contributed by atoms with Gasteiger partial charge in [0.1, 0.15) is 0 Å². The van der Waals surface area contributed by atoms with Crippen LogP contribution in [0, 0.1) is 5.92 Å². The van der Waals surface area contributed by atoms with Crippen LogP contribution in [0.5, 0.6) is 0 Å². The molecule has 0 aromatic heterocycles. The molecule has 1 aliphatic carbocycles. The van der Waals surface area contributed by atoms with Crippen LogP contribution in [0.1, 0.15) is 52.4 Å². The monoisotopic (exact) mass is 248 g/mol. The van der Waals surface area contributed by atoms with Gasteiger partial charge in [-0.2, -0.15) is 0 Å². The maximum Gasteiger partial charge on any atom is 0.222 e. The highest BCUT2D eigenvalue weighted by Crippen LogP contribution is 2.25. The van der Waals surface area contributed by atoms with Crippen molar-refractivity contribution in [3.63, 3.8) is 0 Å². The van der Waals surface area contributed by atoms with Crippen molar-refractivity contribution in [2.24, 2.45) is 11.7 Å². The summed E-state index contributed by atoms with van der Waals surface area (Å²) < 4.78 is 0. The summed E-state index contributed by atoms with van der Waals surface area (Å²) in [6, 6.07) is 0. The fourth-order valence-electron chi connectivity index (χ4n) is 2.06. The van der Waals surface area contributed by atoms with Crippen LogP contribution < -0.4 is 11.1 Å². The summed E-state index contributed by atoms with van der Waals surface area (Å²) in [6.45, 7) is 4.64. The molecule has 0 spiro atoms. The first-order chi connectivity index (χ1) is 7.07. The predicted molar refractivity (Wildman–Crippen MR) is 69.7 cm³/mol. The standard InChI is InChI=1S/C12H24N2O.ClH/c1-3-10(2)11(15)14-9-12(13)7-5-4-6-8-12;/h10H,3-9,13H2,1-2H3,(H,14,15);1H. The lowest BCUT2D eigenvalue weighted by Gasteiger charge is -2.33. The van der Waals surface area contributed by atoms with E-state index in [1.54, 1.807) is 0 Å². The number of nitrogens with two attached hydrogens (primary N) is 1. The Balaban J connectivity index is 0.00000225. The lowest BCUT2D eigenvalue weighted by molar-refractivity contribution is -0.124. The van der Waals surface area contributed by atoms with Crippen LogP contribution >= 0.6 is 12.4 Å². The van der Waals surface area contributed by atoms with Crippen molar-refractivity contribution < 1.29 is 4.79 Å². The molecular weight excluding hydrogens is 224 g/mol. The van der Waals surface area contributed by atoms with E-state index in [-0.39, 0.29) is 29.8 Å². The molecule has 1 atom stereocenters. The average Bonchev–Trinajstić information content (AvgIpc) is 2.26. The van der Waals surface area contributed by atoms with Gasteiger partial charge in [-0.25, -0.2) is 0 Å². The Morgan fingerprint density at radius 3 is 2.44 bits per heavy atom. The topological polar surface area (TPSA) is 55.1 Å². The zero-order chi connectivity index (χ0) is 11.3. The molecule has 1 aliphatic rings. The number of rotatable bonds is 4. The van der Waals surface area contributed by atoms with Crippen LogP contribution in [0.2, 0.25) is 0 Å². The van der Waals surface area contributed by atoms with Crippen molar-refractivity contribution in [2.45, 2.75) is 57.9 Å². The summed E-state index contributed by atoms with van der Waals surface area (Å²) in [6.07, 6.45) is 6.69. The van der Waals surface area contributed by atoms with Gasteiger partial charge in [-0.3, -0.25) is 4.79 Å². The quantitative estimate of drug-likeness (QED) is 0.802. The molecule has 0 bridgehead atoms. The molecule has 1 fully saturated rings. The summed E-state index contributed by atoms with van der Waals surface area (Å²) in [5, 5.41) is 2.98. The smallest absolute Gasteiger partial charge is 0.222 e. The Kier molecular flexibility index (Phi) is 7.00. The highest BCUT2D eigenvalue weighted by molar-refractivity contribution is 5.85. The molecule has 0 heterocycles. The first-order valence-electron chi connectivity index (χ1n) is 6.14. The van der Waals surface area contributed by atoms with Gasteiger partial charge in [0, 0.05) is 18.0 Å². The zero-order valence-electron chi connectivity index (χ0n) is 10.4. The number of carbonyl (C=O) groups is 1.